The number of allylic oxidation sites excluding steroid dienone is 3. The van der Waals surface area contributed by atoms with Crippen molar-refractivity contribution in [3.8, 4) is 0 Å². The predicted octanol–water partition coefficient (Wildman–Crippen LogP) is 5.49. The van der Waals surface area contributed by atoms with Gasteiger partial charge < -0.3 is 10.4 Å². The molecule has 9 atom stereocenters. The van der Waals surface area contributed by atoms with Gasteiger partial charge in [-0.2, -0.15) is 0 Å². The van der Waals surface area contributed by atoms with Crippen LogP contribution in [0, 0.1) is 46.3 Å². The second-order valence-corrected chi connectivity index (χ2v) is 12.6. The molecule has 0 aromatic heterocycles. The molecule has 6 rings (SSSR count). The Bertz CT molecular complexity index is 904. The lowest BCUT2D eigenvalue weighted by Crippen LogP contribution is -2.52. The van der Waals surface area contributed by atoms with Crippen molar-refractivity contribution >= 4 is 11.9 Å². The topological polar surface area (TPSA) is 66.4 Å². The lowest BCUT2D eigenvalue weighted by Gasteiger charge is -2.57. The van der Waals surface area contributed by atoms with Crippen molar-refractivity contribution in [3.05, 3.63) is 23.3 Å². The van der Waals surface area contributed by atoms with E-state index in [4.69, 9.17) is 0 Å². The molecular formula is C28H39NO3. The van der Waals surface area contributed by atoms with Crippen molar-refractivity contribution in [1.82, 2.24) is 5.32 Å². The minimum atomic E-state index is -0.758. The number of carboxylic acid groups (broad SMARTS) is 1. The molecule has 2 N–H and O–H groups in total. The van der Waals surface area contributed by atoms with Crippen molar-refractivity contribution < 1.29 is 14.7 Å². The van der Waals surface area contributed by atoms with Gasteiger partial charge in [-0.15, -0.1) is 0 Å². The van der Waals surface area contributed by atoms with Crippen LogP contribution < -0.4 is 5.32 Å². The molecule has 4 fully saturated rings. The Morgan fingerprint density at radius 3 is 2.59 bits per heavy atom. The van der Waals surface area contributed by atoms with Gasteiger partial charge in [-0.05, 0) is 116 Å². The van der Waals surface area contributed by atoms with Gasteiger partial charge in [0.1, 0.15) is 0 Å². The molecule has 0 spiro atoms. The first-order valence-electron chi connectivity index (χ1n) is 13.2. The summed E-state index contributed by atoms with van der Waals surface area (Å²) in [6.45, 7) is 4.82. The van der Waals surface area contributed by atoms with Gasteiger partial charge in [0, 0.05) is 17.5 Å². The predicted molar refractivity (Wildman–Crippen MR) is 124 cm³/mol. The van der Waals surface area contributed by atoms with Crippen LogP contribution in [0.1, 0.15) is 84.5 Å². The molecule has 1 amide bonds. The molecule has 0 saturated heterocycles. The summed E-state index contributed by atoms with van der Waals surface area (Å²) < 4.78 is 0. The van der Waals surface area contributed by atoms with Crippen molar-refractivity contribution in [2.75, 3.05) is 0 Å². The summed E-state index contributed by atoms with van der Waals surface area (Å²) in [6, 6.07) is 0.441. The van der Waals surface area contributed by atoms with E-state index in [1.165, 1.54) is 44.1 Å². The Morgan fingerprint density at radius 2 is 1.88 bits per heavy atom. The summed E-state index contributed by atoms with van der Waals surface area (Å²) in [6.07, 6.45) is 16.8. The minimum absolute atomic E-state index is 0.104. The lowest BCUT2D eigenvalue weighted by atomic mass is 9.48. The summed E-state index contributed by atoms with van der Waals surface area (Å²) in [7, 11) is 0. The molecule has 0 radical (unpaired) electrons. The van der Waals surface area contributed by atoms with Crippen molar-refractivity contribution in [2.24, 2.45) is 46.3 Å². The van der Waals surface area contributed by atoms with Crippen molar-refractivity contribution in [3.63, 3.8) is 0 Å². The largest absolute Gasteiger partial charge is 0.478 e. The molecule has 32 heavy (non-hydrogen) atoms. The van der Waals surface area contributed by atoms with Gasteiger partial charge in [-0.1, -0.05) is 26.3 Å². The highest BCUT2D eigenvalue weighted by Gasteiger charge is 2.60. The van der Waals surface area contributed by atoms with Crippen LogP contribution in [0.15, 0.2) is 23.3 Å². The van der Waals surface area contributed by atoms with Gasteiger partial charge >= 0.3 is 5.97 Å². The third-order valence-electron chi connectivity index (χ3n) is 11.4. The first kappa shape index (κ1) is 21.0. The summed E-state index contributed by atoms with van der Waals surface area (Å²) >= 11 is 0. The number of nitrogens with one attached hydrogen (secondary N) is 1. The number of aliphatic carboxylic acids is 1. The van der Waals surface area contributed by atoms with Gasteiger partial charge in [0.05, 0.1) is 0 Å². The van der Waals surface area contributed by atoms with E-state index in [9.17, 15) is 14.7 Å². The fourth-order valence-electron chi connectivity index (χ4n) is 9.63. The number of amides is 1. The van der Waals surface area contributed by atoms with E-state index in [0.29, 0.717) is 41.7 Å². The second-order valence-electron chi connectivity index (χ2n) is 12.6. The van der Waals surface area contributed by atoms with Crippen LogP contribution in [0.25, 0.3) is 0 Å². The quantitative estimate of drug-likeness (QED) is 0.613. The molecule has 0 heterocycles. The van der Waals surface area contributed by atoms with E-state index >= 15 is 0 Å². The average molecular weight is 438 g/mol. The van der Waals surface area contributed by atoms with Gasteiger partial charge in [0.15, 0.2) is 0 Å². The molecule has 4 heteroatoms. The zero-order valence-electron chi connectivity index (χ0n) is 19.7. The maximum Gasteiger partial charge on any atom is 0.331 e. The molecule has 0 aliphatic heterocycles. The molecule has 4 unspecified atom stereocenters. The summed E-state index contributed by atoms with van der Waals surface area (Å²) in [5.74, 6) is 3.26. The number of carbonyl (C=O) groups excluding carboxylic acids is 1. The number of carbonyl (C=O) groups is 2. The molecule has 0 aromatic carbocycles. The first-order chi connectivity index (χ1) is 15.3. The number of hydrogen-bond donors (Lipinski definition) is 2. The third kappa shape index (κ3) is 2.93. The lowest BCUT2D eigenvalue weighted by molar-refractivity contribution is -0.133. The third-order valence-corrected chi connectivity index (χ3v) is 11.4. The minimum Gasteiger partial charge on any atom is -0.478 e. The van der Waals surface area contributed by atoms with Gasteiger partial charge in [-0.3, -0.25) is 4.79 Å². The fourth-order valence-corrected chi connectivity index (χ4v) is 9.63. The Kier molecular flexibility index (Phi) is 4.73. The molecule has 4 saturated carbocycles. The van der Waals surface area contributed by atoms with Crippen LogP contribution in [0.3, 0.4) is 0 Å². The zero-order chi connectivity index (χ0) is 22.3. The maximum atomic E-state index is 13.5. The second kappa shape index (κ2) is 7.21. The van der Waals surface area contributed by atoms with Gasteiger partial charge in [-0.25, -0.2) is 4.79 Å². The average Bonchev–Trinajstić information content (AvgIpc) is 3.46. The summed E-state index contributed by atoms with van der Waals surface area (Å²) in [5.41, 5.74) is 2.08. The molecule has 6 aliphatic rings. The van der Waals surface area contributed by atoms with Crippen LogP contribution >= 0.6 is 0 Å². The standard InChI is InChI=1S/C28H39NO3/c1-27-11-9-18(26(31)32)15-19(27)5-6-20-21-7-8-23(28(21,2)12-10-22(20)27)25(30)29-24-14-16-3-4-17(24)13-16/h5,15-17,20-24H,3-4,6-14H2,1-2H3,(H,29,30)(H,31,32)/t16?,17?,20-,21-,22+,23?,24?,27-,28-/m0/s1. The van der Waals surface area contributed by atoms with E-state index in [1.54, 1.807) is 0 Å². The van der Waals surface area contributed by atoms with Crippen molar-refractivity contribution in [1.29, 1.82) is 0 Å². The van der Waals surface area contributed by atoms with E-state index in [2.05, 4.69) is 25.2 Å². The Hall–Kier alpha value is -1.58. The van der Waals surface area contributed by atoms with E-state index in [1.807, 2.05) is 6.08 Å². The molecule has 2 bridgehead atoms. The van der Waals surface area contributed by atoms with E-state index in [-0.39, 0.29) is 16.7 Å². The Morgan fingerprint density at radius 1 is 1.03 bits per heavy atom. The SMILES string of the molecule is C[C@]12CCC(C(=O)O)=CC1=CC[C@@H]1[C@H]2CC[C@]2(C)C(C(=O)NC3CC4CCC3C4)CC[C@@H]12. The number of carboxylic acids is 1. The number of hydrogen-bond acceptors (Lipinski definition) is 2. The fraction of sp³-hybridized carbons (Fsp3) is 0.786. The molecule has 6 aliphatic carbocycles. The van der Waals surface area contributed by atoms with Crippen molar-refractivity contribution in [2.45, 2.75) is 90.5 Å². The molecule has 174 valence electrons. The smallest absolute Gasteiger partial charge is 0.331 e. The highest BCUT2D eigenvalue weighted by molar-refractivity contribution is 5.87. The maximum absolute atomic E-state index is 13.5. The molecular weight excluding hydrogens is 398 g/mol. The molecule has 0 aromatic rings. The summed E-state index contributed by atoms with van der Waals surface area (Å²) in [5, 5.41) is 13.0. The Balaban J connectivity index is 1.21. The van der Waals surface area contributed by atoms with Crippen LogP contribution in [0.5, 0.6) is 0 Å². The van der Waals surface area contributed by atoms with Crippen LogP contribution in [-0.4, -0.2) is 23.0 Å². The molecule has 4 nitrogen and oxygen atoms in total. The van der Waals surface area contributed by atoms with Gasteiger partial charge in [0.2, 0.25) is 5.91 Å². The number of rotatable bonds is 3. The zero-order valence-corrected chi connectivity index (χ0v) is 19.7. The van der Waals surface area contributed by atoms with E-state index < -0.39 is 5.97 Å². The number of fused-ring (bicyclic) bond motifs is 7. The summed E-state index contributed by atoms with van der Waals surface area (Å²) in [4.78, 5) is 25.0. The van der Waals surface area contributed by atoms with Crippen LogP contribution in [0.4, 0.5) is 0 Å². The first-order valence-corrected chi connectivity index (χ1v) is 13.2. The van der Waals surface area contributed by atoms with Crippen LogP contribution in [0.2, 0.25) is 0 Å². The van der Waals surface area contributed by atoms with Crippen LogP contribution in [-0.2, 0) is 9.59 Å². The van der Waals surface area contributed by atoms with E-state index in [0.717, 1.165) is 37.5 Å². The highest BCUT2D eigenvalue weighted by atomic mass is 16.4. The Labute approximate surface area is 192 Å². The monoisotopic (exact) mass is 437 g/mol. The normalized spacial score (nSPS) is 48.9. The van der Waals surface area contributed by atoms with Gasteiger partial charge in [0.25, 0.3) is 0 Å². The highest BCUT2D eigenvalue weighted by Crippen LogP contribution is 2.66.